The predicted octanol–water partition coefficient (Wildman–Crippen LogP) is 5.68. The van der Waals surface area contributed by atoms with E-state index < -0.39 is 0 Å². The molecule has 2 aromatic heterocycles. The Labute approximate surface area is 161 Å². The normalized spacial score (nSPS) is 16.0. The number of esters is 1. The lowest BCUT2D eigenvalue weighted by Crippen LogP contribution is -2.25. The number of benzene rings is 1. The molecular weight excluding hydrogens is 366 g/mol. The van der Waals surface area contributed by atoms with Gasteiger partial charge in [-0.05, 0) is 54.0 Å². The van der Waals surface area contributed by atoms with Gasteiger partial charge < -0.3 is 4.74 Å². The number of thiophene rings is 1. The predicted molar refractivity (Wildman–Crippen MR) is 104 cm³/mol. The van der Waals surface area contributed by atoms with Gasteiger partial charge in [0.2, 0.25) is 0 Å². The van der Waals surface area contributed by atoms with Crippen LogP contribution in [-0.4, -0.2) is 11.0 Å². The van der Waals surface area contributed by atoms with Crippen LogP contribution in [0.1, 0.15) is 35.1 Å². The Kier molecular flexibility index (Phi) is 5.05. The highest BCUT2D eigenvalue weighted by Crippen LogP contribution is 2.51. The van der Waals surface area contributed by atoms with E-state index in [2.05, 4.69) is 11.1 Å². The summed E-state index contributed by atoms with van der Waals surface area (Å²) >= 11 is 7.77. The summed E-state index contributed by atoms with van der Waals surface area (Å²) in [7, 11) is 0. The van der Waals surface area contributed by atoms with E-state index in [1.807, 2.05) is 41.9 Å². The molecular formula is C21H18ClNO2S. The van der Waals surface area contributed by atoms with Crippen LogP contribution in [0.4, 0.5) is 0 Å². The third-order valence-corrected chi connectivity index (χ3v) is 5.98. The van der Waals surface area contributed by atoms with Crippen molar-refractivity contribution in [2.24, 2.45) is 5.92 Å². The van der Waals surface area contributed by atoms with E-state index in [-0.39, 0.29) is 17.8 Å². The third-order valence-electron chi connectivity index (χ3n) is 4.71. The molecule has 0 radical (unpaired) electrons. The van der Waals surface area contributed by atoms with E-state index in [0.29, 0.717) is 16.7 Å². The number of para-hydroxylation sites is 1. The third kappa shape index (κ3) is 3.67. The number of carbonyl (C=O) groups is 1. The Morgan fingerprint density at radius 2 is 2.00 bits per heavy atom. The number of aromatic nitrogens is 1. The highest BCUT2D eigenvalue weighted by molar-refractivity contribution is 7.10. The SMILES string of the molecule is O=C(Oc1ccccc1Cl)C(c1cccs1)C(c1cccnc1)C1CC1. The van der Waals surface area contributed by atoms with Crippen molar-refractivity contribution in [1.82, 2.24) is 4.98 Å². The van der Waals surface area contributed by atoms with Crippen molar-refractivity contribution in [3.8, 4) is 5.75 Å². The van der Waals surface area contributed by atoms with E-state index >= 15 is 0 Å². The number of carbonyl (C=O) groups excluding carboxylic acids is 1. The van der Waals surface area contributed by atoms with Gasteiger partial charge in [0.25, 0.3) is 0 Å². The second-order valence-corrected chi connectivity index (χ2v) is 7.88. The summed E-state index contributed by atoms with van der Waals surface area (Å²) in [6.45, 7) is 0. The number of nitrogens with zero attached hydrogens (tertiary/aromatic N) is 1. The van der Waals surface area contributed by atoms with Crippen molar-refractivity contribution < 1.29 is 9.53 Å². The number of hydrogen-bond donors (Lipinski definition) is 0. The van der Waals surface area contributed by atoms with Crippen LogP contribution < -0.4 is 4.74 Å². The smallest absolute Gasteiger partial charge is 0.320 e. The average molecular weight is 384 g/mol. The number of pyridine rings is 1. The molecule has 0 amide bonds. The van der Waals surface area contributed by atoms with Gasteiger partial charge in [-0.25, -0.2) is 0 Å². The molecule has 1 aromatic carbocycles. The summed E-state index contributed by atoms with van der Waals surface area (Å²) in [6.07, 6.45) is 5.88. The monoisotopic (exact) mass is 383 g/mol. The van der Waals surface area contributed by atoms with E-state index in [1.165, 1.54) is 0 Å². The first-order valence-corrected chi connectivity index (χ1v) is 9.89. The van der Waals surface area contributed by atoms with Crippen LogP contribution >= 0.6 is 22.9 Å². The van der Waals surface area contributed by atoms with Crippen molar-refractivity contribution in [1.29, 1.82) is 0 Å². The molecule has 4 rings (SSSR count). The first-order valence-electron chi connectivity index (χ1n) is 8.63. The van der Waals surface area contributed by atoms with Crippen LogP contribution in [0.2, 0.25) is 5.02 Å². The maximum Gasteiger partial charge on any atom is 0.320 e. The number of ether oxygens (including phenoxy) is 1. The largest absolute Gasteiger partial charge is 0.424 e. The zero-order valence-corrected chi connectivity index (χ0v) is 15.6. The van der Waals surface area contributed by atoms with Crippen molar-refractivity contribution in [3.63, 3.8) is 0 Å². The molecule has 1 aliphatic rings. The van der Waals surface area contributed by atoms with Crippen molar-refractivity contribution >= 4 is 28.9 Å². The zero-order valence-electron chi connectivity index (χ0n) is 14.0. The molecule has 2 atom stereocenters. The van der Waals surface area contributed by atoms with Gasteiger partial charge in [0.1, 0.15) is 5.75 Å². The second kappa shape index (κ2) is 7.60. The molecule has 3 nitrogen and oxygen atoms in total. The zero-order chi connectivity index (χ0) is 17.9. The fourth-order valence-corrected chi connectivity index (χ4v) is 4.41. The molecule has 2 heterocycles. The Hall–Kier alpha value is -2.17. The van der Waals surface area contributed by atoms with Gasteiger partial charge in [-0.15, -0.1) is 11.3 Å². The van der Waals surface area contributed by atoms with Gasteiger partial charge in [0.05, 0.1) is 10.9 Å². The van der Waals surface area contributed by atoms with Gasteiger partial charge in [-0.3, -0.25) is 9.78 Å². The Morgan fingerprint density at radius 1 is 1.15 bits per heavy atom. The summed E-state index contributed by atoms with van der Waals surface area (Å²) in [5.41, 5.74) is 1.09. The molecule has 2 unspecified atom stereocenters. The quantitative estimate of drug-likeness (QED) is 0.406. The minimum Gasteiger partial charge on any atom is -0.424 e. The maximum absolute atomic E-state index is 13.2. The molecule has 26 heavy (non-hydrogen) atoms. The topological polar surface area (TPSA) is 39.2 Å². The number of halogens is 1. The number of hydrogen-bond acceptors (Lipinski definition) is 4. The minimum atomic E-state index is -0.358. The molecule has 0 aliphatic heterocycles. The number of rotatable bonds is 6. The Balaban J connectivity index is 1.70. The lowest BCUT2D eigenvalue weighted by molar-refractivity contribution is -0.136. The van der Waals surface area contributed by atoms with Gasteiger partial charge in [-0.1, -0.05) is 35.9 Å². The first-order chi connectivity index (χ1) is 12.7. The molecule has 0 N–H and O–H groups in total. The van der Waals surface area contributed by atoms with E-state index in [0.717, 1.165) is 23.3 Å². The summed E-state index contributed by atoms with van der Waals surface area (Å²) in [4.78, 5) is 18.5. The molecule has 5 heteroatoms. The van der Waals surface area contributed by atoms with E-state index in [1.54, 1.807) is 29.7 Å². The van der Waals surface area contributed by atoms with Crippen LogP contribution in [0.25, 0.3) is 0 Å². The van der Waals surface area contributed by atoms with Gasteiger partial charge in [-0.2, -0.15) is 0 Å². The van der Waals surface area contributed by atoms with Gasteiger partial charge in [0, 0.05) is 23.2 Å². The maximum atomic E-state index is 13.2. The molecule has 0 saturated heterocycles. The molecule has 1 fully saturated rings. The Bertz CT molecular complexity index is 878. The molecule has 0 spiro atoms. The van der Waals surface area contributed by atoms with E-state index in [9.17, 15) is 4.79 Å². The Morgan fingerprint density at radius 3 is 2.65 bits per heavy atom. The fraction of sp³-hybridized carbons (Fsp3) is 0.238. The molecule has 3 aromatic rings. The molecule has 1 aliphatic carbocycles. The summed E-state index contributed by atoms with van der Waals surface area (Å²) < 4.78 is 5.73. The lowest BCUT2D eigenvalue weighted by Gasteiger charge is -2.25. The standard InChI is InChI=1S/C21H18ClNO2S/c22-16-6-1-2-7-17(16)25-21(24)20(18-8-4-12-26-18)19(14-9-10-14)15-5-3-11-23-13-15/h1-8,11-14,19-20H,9-10H2. The van der Waals surface area contributed by atoms with Gasteiger partial charge in [0.15, 0.2) is 0 Å². The average Bonchev–Trinajstić information content (AvgIpc) is 3.36. The van der Waals surface area contributed by atoms with Crippen LogP contribution in [0.5, 0.6) is 5.75 Å². The van der Waals surface area contributed by atoms with Crippen LogP contribution in [0, 0.1) is 5.92 Å². The van der Waals surface area contributed by atoms with Crippen molar-refractivity contribution in [2.45, 2.75) is 24.7 Å². The van der Waals surface area contributed by atoms with Crippen LogP contribution in [0.15, 0.2) is 66.3 Å². The molecule has 132 valence electrons. The molecule has 1 saturated carbocycles. The first kappa shape index (κ1) is 17.3. The second-order valence-electron chi connectivity index (χ2n) is 6.49. The lowest BCUT2D eigenvalue weighted by atomic mass is 9.82. The fourth-order valence-electron chi connectivity index (χ4n) is 3.37. The highest BCUT2D eigenvalue weighted by atomic mass is 35.5. The van der Waals surface area contributed by atoms with Gasteiger partial charge >= 0.3 is 5.97 Å². The van der Waals surface area contributed by atoms with Crippen molar-refractivity contribution in [2.75, 3.05) is 0 Å². The summed E-state index contributed by atoms with van der Waals surface area (Å²) in [6, 6.07) is 15.0. The summed E-state index contributed by atoms with van der Waals surface area (Å²) in [5.74, 6) is 0.327. The van der Waals surface area contributed by atoms with Crippen LogP contribution in [-0.2, 0) is 4.79 Å². The minimum absolute atomic E-state index is 0.0670. The molecule has 0 bridgehead atoms. The van der Waals surface area contributed by atoms with Crippen LogP contribution in [0.3, 0.4) is 0 Å². The highest BCUT2D eigenvalue weighted by Gasteiger charge is 2.43. The summed E-state index contributed by atoms with van der Waals surface area (Å²) in [5, 5.41) is 2.44. The van der Waals surface area contributed by atoms with Crippen molar-refractivity contribution in [3.05, 3.63) is 81.8 Å². The van der Waals surface area contributed by atoms with E-state index in [4.69, 9.17) is 16.3 Å².